The van der Waals surface area contributed by atoms with Crippen LogP contribution in [0.1, 0.15) is 17.4 Å². The summed E-state index contributed by atoms with van der Waals surface area (Å²) < 4.78 is 5.31. The SMILES string of the molecule is CCOc1ncccc1NC(=O)c1csc(N)n1. The molecule has 0 aliphatic heterocycles. The normalized spacial score (nSPS) is 10.1. The number of rotatable bonds is 4. The van der Waals surface area contributed by atoms with Gasteiger partial charge < -0.3 is 15.8 Å². The third kappa shape index (κ3) is 2.75. The molecule has 0 saturated carbocycles. The lowest BCUT2D eigenvalue weighted by Crippen LogP contribution is -2.13. The standard InChI is InChI=1S/C11H12N4O2S/c1-2-17-10-7(4-3-5-13-10)14-9(16)8-6-18-11(12)15-8/h3-6H,2H2,1H3,(H2,12,15)(H,14,16). The first-order valence-corrected chi connectivity index (χ1v) is 6.19. The molecule has 0 radical (unpaired) electrons. The summed E-state index contributed by atoms with van der Waals surface area (Å²) in [7, 11) is 0. The van der Waals surface area contributed by atoms with Crippen molar-refractivity contribution < 1.29 is 9.53 Å². The Morgan fingerprint density at radius 2 is 2.44 bits per heavy atom. The Labute approximate surface area is 108 Å². The van der Waals surface area contributed by atoms with Gasteiger partial charge >= 0.3 is 0 Å². The molecule has 0 aromatic carbocycles. The van der Waals surface area contributed by atoms with Crippen LogP contribution < -0.4 is 15.8 Å². The van der Waals surface area contributed by atoms with E-state index in [9.17, 15) is 4.79 Å². The third-order valence-corrected chi connectivity index (χ3v) is 2.73. The predicted octanol–water partition coefficient (Wildman–Crippen LogP) is 1.77. The second-order valence-electron chi connectivity index (χ2n) is 3.31. The van der Waals surface area contributed by atoms with Crippen molar-refractivity contribution in [1.29, 1.82) is 0 Å². The Morgan fingerprint density at radius 1 is 1.61 bits per heavy atom. The highest BCUT2D eigenvalue weighted by molar-refractivity contribution is 7.13. The largest absolute Gasteiger partial charge is 0.476 e. The molecule has 0 fully saturated rings. The van der Waals surface area contributed by atoms with Crippen LogP contribution in [0.4, 0.5) is 10.8 Å². The van der Waals surface area contributed by atoms with E-state index in [1.54, 1.807) is 23.7 Å². The lowest BCUT2D eigenvalue weighted by atomic mass is 10.3. The first-order chi connectivity index (χ1) is 8.70. The second kappa shape index (κ2) is 5.46. The number of anilines is 2. The number of aromatic nitrogens is 2. The fourth-order valence-electron chi connectivity index (χ4n) is 1.32. The maximum atomic E-state index is 11.9. The van der Waals surface area contributed by atoms with Gasteiger partial charge in [0.1, 0.15) is 11.4 Å². The summed E-state index contributed by atoms with van der Waals surface area (Å²) in [6.45, 7) is 2.32. The van der Waals surface area contributed by atoms with E-state index in [0.717, 1.165) is 0 Å². The molecule has 0 atom stereocenters. The molecule has 0 unspecified atom stereocenters. The van der Waals surface area contributed by atoms with Crippen molar-refractivity contribution in [1.82, 2.24) is 9.97 Å². The summed E-state index contributed by atoms with van der Waals surface area (Å²) in [6.07, 6.45) is 1.60. The van der Waals surface area contributed by atoms with E-state index in [1.807, 2.05) is 6.92 Å². The molecule has 0 aliphatic rings. The summed E-state index contributed by atoms with van der Waals surface area (Å²) in [5.41, 5.74) is 6.27. The molecule has 2 heterocycles. The Morgan fingerprint density at radius 3 is 3.11 bits per heavy atom. The van der Waals surface area contributed by atoms with E-state index in [1.165, 1.54) is 11.3 Å². The van der Waals surface area contributed by atoms with Crippen LogP contribution in [0.3, 0.4) is 0 Å². The van der Waals surface area contributed by atoms with Gasteiger partial charge in [0.25, 0.3) is 5.91 Å². The van der Waals surface area contributed by atoms with Gasteiger partial charge in [-0.05, 0) is 19.1 Å². The number of ether oxygens (including phenoxy) is 1. The summed E-state index contributed by atoms with van der Waals surface area (Å²) in [4.78, 5) is 19.8. The van der Waals surface area contributed by atoms with Crippen LogP contribution >= 0.6 is 11.3 Å². The fourth-order valence-corrected chi connectivity index (χ4v) is 1.86. The molecule has 0 aliphatic carbocycles. The summed E-state index contributed by atoms with van der Waals surface area (Å²) in [6, 6.07) is 3.43. The maximum absolute atomic E-state index is 11.9. The van der Waals surface area contributed by atoms with Crippen molar-refractivity contribution in [2.75, 3.05) is 17.7 Å². The summed E-state index contributed by atoms with van der Waals surface area (Å²) in [5.74, 6) is 0.0495. The van der Waals surface area contributed by atoms with Crippen LogP contribution in [0.5, 0.6) is 5.88 Å². The van der Waals surface area contributed by atoms with Crippen molar-refractivity contribution in [3.63, 3.8) is 0 Å². The second-order valence-corrected chi connectivity index (χ2v) is 4.20. The zero-order chi connectivity index (χ0) is 13.0. The Kier molecular flexibility index (Phi) is 3.73. The number of hydrogen-bond acceptors (Lipinski definition) is 6. The first-order valence-electron chi connectivity index (χ1n) is 5.31. The molecule has 0 spiro atoms. The lowest BCUT2D eigenvalue weighted by Gasteiger charge is -2.08. The van der Waals surface area contributed by atoms with Crippen molar-refractivity contribution in [3.05, 3.63) is 29.4 Å². The molecular formula is C11H12N4O2S. The number of nitrogens with two attached hydrogens (primary N) is 1. The highest BCUT2D eigenvalue weighted by atomic mass is 32.1. The van der Waals surface area contributed by atoms with E-state index < -0.39 is 0 Å². The monoisotopic (exact) mass is 264 g/mol. The summed E-state index contributed by atoms with van der Waals surface area (Å²) in [5, 5.41) is 4.64. The Bertz CT molecular complexity index is 555. The van der Waals surface area contributed by atoms with Gasteiger partial charge in [-0.3, -0.25) is 4.79 Å². The van der Waals surface area contributed by atoms with Crippen LogP contribution in [-0.2, 0) is 0 Å². The summed E-state index contributed by atoms with van der Waals surface area (Å²) >= 11 is 1.22. The zero-order valence-corrected chi connectivity index (χ0v) is 10.5. The molecule has 94 valence electrons. The number of thiazole rings is 1. The number of nitrogen functional groups attached to an aromatic ring is 1. The average Bonchev–Trinajstić information content (AvgIpc) is 2.79. The number of hydrogen-bond donors (Lipinski definition) is 2. The minimum absolute atomic E-state index is 0.281. The van der Waals surface area contributed by atoms with E-state index in [2.05, 4.69) is 15.3 Å². The quantitative estimate of drug-likeness (QED) is 0.878. The lowest BCUT2D eigenvalue weighted by molar-refractivity contribution is 0.102. The van der Waals surface area contributed by atoms with E-state index in [0.29, 0.717) is 23.3 Å². The number of pyridine rings is 1. The molecule has 18 heavy (non-hydrogen) atoms. The average molecular weight is 264 g/mol. The van der Waals surface area contributed by atoms with Crippen molar-refractivity contribution in [2.45, 2.75) is 6.92 Å². The third-order valence-electron chi connectivity index (χ3n) is 2.05. The molecule has 3 N–H and O–H groups in total. The molecular weight excluding hydrogens is 252 g/mol. The Hall–Kier alpha value is -2.15. The van der Waals surface area contributed by atoms with E-state index in [-0.39, 0.29) is 11.6 Å². The van der Waals surface area contributed by atoms with Crippen LogP contribution in [0.15, 0.2) is 23.7 Å². The van der Waals surface area contributed by atoms with E-state index >= 15 is 0 Å². The molecule has 2 rings (SSSR count). The predicted molar refractivity (Wildman–Crippen MR) is 69.9 cm³/mol. The van der Waals surface area contributed by atoms with Crippen molar-refractivity contribution in [2.24, 2.45) is 0 Å². The van der Waals surface area contributed by atoms with Gasteiger partial charge in [-0.1, -0.05) is 0 Å². The number of nitrogens with one attached hydrogen (secondary N) is 1. The minimum Gasteiger partial charge on any atom is -0.476 e. The van der Waals surface area contributed by atoms with E-state index in [4.69, 9.17) is 10.5 Å². The zero-order valence-electron chi connectivity index (χ0n) is 9.71. The molecule has 1 amide bonds. The van der Waals surface area contributed by atoms with Crippen LogP contribution in [0, 0.1) is 0 Å². The van der Waals surface area contributed by atoms with Gasteiger partial charge in [-0.25, -0.2) is 9.97 Å². The van der Waals surface area contributed by atoms with Gasteiger partial charge in [0.05, 0.1) is 6.61 Å². The van der Waals surface area contributed by atoms with Gasteiger partial charge in [0.15, 0.2) is 5.13 Å². The Balaban J connectivity index is 2.16. The fraction of sp³-hybridized carbons (Fsp3) is 0.182. The van der Waals surface area contributed by atoms with Crippen molar-refractivity contribution >= 4 is 28.1 Å². The highest BCUT2D eigenvalue weighted by Crippen LogP contribution is 2.21. The number of carbonyl (C=O) groups excluding carboxylic acids is 1. The molecule has 2 aromatic heterocycles. The maximum Gasteiger partial charge on any atom is 0.275 e. The number of carbonyl (C=O) groups is 1. The molecule has 0 bridgehead atoms. The van der Waals surface area contributed by atoms with Crippen LogP contribution in [0.2, 0.25) is 0 Å². The van der Waals surface area contributed by atoms with Crippen molar-refractivity contribution in [3.8, 4) is 5.88 Å². The molecule has 7 heteroatoms. The molecule has 2 aromatic rings. The topological polar surface area (TPSA) is 90.1 Å². The minimum atomic E-state index is -0.336. The van der Waals surface area contributed by atoms with Gasteiger partial charge in [-0.2, -0.15) is 0 Å². The number of nitrogens with zero attached hydrogens (tertiary/aromatic N) is 2. The first kappa shape index (κ1) is 12.3. The van der Waals surface area contributed by atoms with Gasteiger partial charge in [0, 0.05) is 11.6 Å². The molecule has 6 nitrogen and oxygen atoms in total. The van der Waals surface area contributed by atoms with Crippen LogP contribution in [0.25, 0.3) is 0 Å². The smallest absolute Gasteiger partial charge is 0.275 e. The van der Waals surface area contributed by atoms with Gasteiger partial charge in [-0.15, -0.1) is 11.3 Å². The highest BCUT2D eigenvalue weighted by Gasteiger charge is 2.12. The molecule has 0 saturated heterocycles. The number of amides is 1. The van der Waals surface area contributed by atoms with Gasteiger partial charge in [0.2, 0.25) is 5.88 Å². The van der Waals surface area contributed by atoms with Crippen LogP contribution in [-0.4, -0.2) is 22.5 Å².